The molecule has 76 valence electrons. The second-order valence-corrected chi connectivity index (χ2v) is 3.05. The summed E-state index contributed by atoms with van der Waals surface area (Å²) in [4.78, 5) is 10.9. The van der Waals surface area contributed by atoms with Gasteiger partial charge in [0.15, 0.2) is 17.3 Å². The molecule has 0 N–H and O–H groups in total. The molecule has 0 aliphatic carbocycles. The van der Waals surface area contributed by atoms with E-state index in [1.165, 1.54) is 19.1 Å². The zero-order valence-corrected chi connectivity index (χ0v) is 8.34. The first-order valence-electron chi connectivity index (χ1n) is 4.58. The molecule has 0 aliphatic rings. The summed E-state index contributed by atoms with van der Waals surface area (Å²) in [6.07, 6.45) is 0.827. The molecule has 0 radical (unpaired) electrons. The van der Waals surface area contributed by atoms with Crippen LogP contribution in [0.1, 0.15) is 30.6 Å². The highest BCUT2D eigenvalue weighted by atomic mass is 19.1. The van der Waals surface area contributed by atoms with E-state index in [1.54, 1.807) is 6.07 Å². The average molecular weight is 196 g/mol. The molecule has 3 heteroatoms. The van der Waals surface area contributed by atoms with Gasteiger partial charge in [0.05, 0.1) is 6.61 Å². The van der Waals surface area contributed by atoms with Crippen LogP contribution in [-0.2, 0) is 0 Å². The van der Waals surface area contributed by atoms with Crippen LogP contribution in [0.2, 0.25) is 0 Å². The molecule has 0 spiro atoms. The van der Waals surface area contributed by atoms with E-state index in [9.17, 15) is 9.18 Å². The molecule has 0 aromatic heterocycles. The van der Waals surface area contributed by atoms with Gasteiger partial charge in [0.1, 0.15) is 0 Å². The molecule has 0 amide bonds. The molecule has 0 bridgehead atoms. The molecule has 0 heterocycles. The molecule has 14 heavy (non-hydrogen) atoms. The topological polar surface area (TPSA) is 26.3 Å². The lowest BCUT2D eigenvalue weighted by molar-refractivity contribution is 0.101. The third-order valence-corrected chi connectivity index (χ3v) is 1.80. The molecule has 0 aliphatic heterocycles. The standard InChI is InChI=1S/C11H13FO2/c1-3-6-14-11-5-4-9(8(2)13)7-10(11)12/h4-5,7H,3,6H2,1-2H3. The van der Waals surface area contributed by atoms with Crippen LogP contribution in [0.15, 0.2) is 18.2 Å². The van der Waals surface area contributed by atoms with Gasteiger partial charge in [0.2, 0.25) is 0 Å². The van der Waals surface area contributed by atoms with Crippen LogP contribution in [0.3, 0.4) is 0 Å². The molecule has 1 aromatic rings. The molecular formula is C11H13FO2. The number of benzene rings is 1. The number of ketones is 1. The number of rotatable bonds is 4. The van der Waals surface area contributed by atoms with Crippen molar-refractivity contribution in [2.75, 3.05) is 6.61 Å². The maximum Gasteiger partial charge on any atom is 0.165 e. The van der Waals surface area contributed by atoms with Crippen molar-refractivity contribution in [3.05, 3.63) is 29.6 Å². The summed E-state index contributed by atoms with van der Waals surface area (Å²) in [7, 11) is 0. The zero-order valence-electron chi connectivity index (χ0n) is 8.34. The summed E-state index contributed by atoms with van der Waals surface area (Å²) in [5, 5.41) is 0. The van der Waals surface area contributed by atoms with Crippen molar-refractivity contribution >= 4 is 5.78 Å². The highest BCUT2D eigenvalue weighted by Gasteiger charge is 2.06. The predicted molar refractivity (Wildman–Crippen MR) is 52.2 cm³/mol. The lowest BCUT2D eigenvalue weighted by Gasteiger charge is -2.06. The summed E-state index contributed by atoms with van der Waals surface area (Å²) < 4.78 is 18.4. The Kier molecular flexibility index (Phi) is 3.63. The fourth-order valence-electron chi connectivity index (χ4n) is 1.05. The Morgan fingerprint density at radius 1 is 1.50 bits per heavy atom. The van der Waals surface area contributed by atoms with E-state index in [1.807, 2.05) is 6.92 Å². The van der Waals surface area contributed by atoms with Crippen LogP contribution in [0.25, 0.3) is 0 Å². The van der Waals surface area contributed by atoms with Gasteiger partial charge >= 0.3 is 0 Å². The highest BCUT2D eigenvalue weighted by molar-refractivity contribution is 5.94. The van der Waals surface area contributed by atoms with E-state index in [0.29, 0.717) is 12.2 Å². The fourth-order valence-corrected chi connectivity index (χ4v) is 1.05. The average Bonchev–Trinajstić information content (AvgIpc) is 2.15. The molecular weight excluding hydrogens is 183 g/mol. The van der Waals surface area contributed by atoms with Gasteiger partial charge in [0, 0.05) is 5.56 Å². The van der Waals surface area contributed by atoms with Gasteiger partial charge in [-0.25, -0.2) is 4.39 Å². The van der Waals surface area contributed by atoms with Crippen LogP contribution in [0.4, 0.5) is 4.39 Å². The molecule has 0 saturated heterocycles. The summed E-state index contributed by atoms with van der Waals surface area (Å²) >= 11 is 0. The van der Waals surface area contributed by atoms with E-state index in [-0.39, 0.29) is 11.5 Å². The Morgan fingerprint density at radius 2 is 2.21 bits per heavy atom. The monoisotopic (exact) mass is 196 g/mol. The third-order valence-electron chi connectivity index (χ3n) is 1.80. The van der Waals surface area contributed by atoms with Crippen LogP contribution in [0.5, 0.6) is 5.75 Å². The number of hydrogen-bond donors (Lipinski definition) is 0. The minimum atomic E-state index is -0.480. The Bertz CT molecular complexity index is 334. The van der Waals surface area contributed by atoms with Gasteiger partial charge in [-0.05, 0) is 31.5 Å². The van der Waals surface area contributed by atoms with Gasteiger partial charge in [-0.2, -0.15) is 0 Å². The van der Waals surface area contributed by atoms with Gasteiger partial charge in [-0.3, -0.25) is 4.79 Å². The molecule has 0 saturated carbocycles. The number of hydrogen-bond acceptors (Lipinski definition) is 2. The highest BCUT2D eigenvalue weighted by Crippen LogP contribution is 2.18. The largest absolute Gasteiger partial charge is 0.491 e. The second kappa shape index (κ2) is 4.74. The van der Waals surface area contributed by atoms with Crippen LogP contribution < -0.4 is 4.74 Å². The summed E-state index contributed by atoms with van der Waals surface area (Å²) in [6, 6.07) is 4.26. The molecule has 1 rings (SSSR count). The number of ether oxygens (including phenoxy) is 1. The van der Waals surface area contributed by atoms with Crippen molar-refractivity contribution in [1.29, 1.82) is 0 Å². The second-order valence-electron chi connectivity index (χ2n) is 3.05. The Hall–Kier alpha value is -1.38. The minimum Gasteiger partial charge on any atom is -0.491 e. The van der Waals surface area contributed by atoms with E-state index in [2.05, 4.69) is 0 Å². The number of carbonyl (C=O) groups is 1. The minimum absolute atomic E-state index is 0.147. The Morgan fingerprint density at radius 3 is 2.71 bits per heavy atom. The maximum atomic E-state index is 13.3. The molecule has 0 atom stereocenters. The molecule has 0 unspecified atom stereocenters. The van der Waals surface area contributed by atoms with Crippen molar-refractivity contribution < 1.29 is 13.9 Å². The summed E-state index contributed by atoms with van der Waals surface area (Å²) in [5.41, 5.74) is 0.367. The number of halogens is 1. The number of Topliss-reactive ketones (excluding diaryl/α,β-unsaturated/α-hetero) is 1. The lowest BCUT2D eigenvalue weighted by Crippen LogP contribution is -1.99. The van der Waals surface area contributed by atoms with Gasteiger partial charge in [-0.1, -0.05) is 6.92 Å². The van der Waals surface area contributed by atoms with E-state index < -0.39 is 5.82 Å². The summed E-state index contributed by atoms with van der Waals surface area (Å²) in [5.74, 6) is -0.422. The van der Waals surface area contributed by atoms with E-state index in [4.69, 9.17) is 4.74 Å². The third kappa shape index (κ3) is 2.55. The van der Waals surface area contributed by atoms with Gasteiger partial charge in [-0.15, -0.1) is 0 Å². The first-order valence-corrected chi connectivity index (χ1v) is 4.58. The SMILES string of the molecule is CCCOc1ccc(C(C)=O)cc1F. The van der Waals surface area contributed by atoms with Gasteiger partial charge < -0.3 is 4.74 Å². The zero-order chi connectivity index (χ0) is 10.6. The van der Waals surface area contributed by atoms with Gasteiger partial charge in [0.25, 0.3) is 0 Å². The summed E-state index contributed by atoms with van der Waals surface area (Å²) in [6.45, 7) is 3.83. The van der Waals surface area contributed by atoms with Crippen LogP contribution >= 0.6 is 0 Å². The van der Waals surface area contributed by atoms with Crippen molar-refractivity contribution in [2.24, 2.45) is 0 Å². The molecule has 1 aromatic carbocycles. The first kappa shape index (κ1) is 10.7. The van der Waals surface area contributed by atoms with Crippen molar-refractivity contribution in [2.45, 2.75) is 20.3 Å². The predicted octanol–water partition coefficient (Wildman–Crippen LogP) is 2.82. The molecule has 2 nitrogen and oxygen atoms in total. The van der Waals surface area contributed by atoms with Crippen molar-refractivity contribution in [1.82, 2.24) is 0 Å². The van der Waals surface area contributed by atoms with Crippen molar-refractivity contribution in [3.8, 4) is 5.75 Å². The lowest BCUT2D eigenvalue weighted by atomic mass is 10.1. The maximum absolute atomic E-state index is 13.3. The first-order chi connectivity index (χ1) is 6.65. The van der Waals surface area contributed by atoms with E-state index in [0.717, 1.165) is 6.42 Å². The van der Waals surface area contributed by atoms with Crippen LogP contribution in [0, 0.1) is 5.82 Å². The fraction of sp³-hybridized carbons (Fsp3) is 0.364. The number of carbonyl (C=O) groups excluding carboxylic acids is 1. The van der Waals surface area contributed by atoms with E-state index >= 15 is 0 Å². The molecule has 0 fully saturated rings. The van der Waals surface area contributed by atoms with Crippen LogP contribution in [-0.4, -0.2) is 12.4 Å². The smallest absolute Gasteiger partial charge is 0.165 e. The Labute approximate surface area is 82.7 Å². The quantitative estimate of drug-likeness (QED) is 0.692. The Balaban J connectivity index is 2.84. The van der Waals surface area contributed by atoms with Crippen molar-refractivity contribution in [3.63, 3.8) is 0 Å². The normalized spacial score (nSPS) is 9.93.